The summed E-state index contributed by atoms with van der Waals surface area (Å²) in [5, 5.41) is 12.5. The van der Waals surface area contributed by atoms with Crippen LogP contribution in [0.1, 0.15) is 31.9 Å². The van der Waals surface area contributed by atoms with Crippen LogP contribution in [0, 0.1) is 18.8 Å². The molecule has 0 saturated carbocycles. The molecule has 0 aromatic heterocycles. The van der Waals surface area contributed by atoms with E-state index < -0.39 is 0 Å². The molecule has 0 aliphatic carbocycles. The number of benzene rings is 1. The van der Waals surface area contributed by atoms with E-state index >= 15 is 0 Å². The van der Waals surface area contributed by atoms with E-state index in [9.17, 15) is 0 Å². The van der Waals surface area contributed by atoms with Gasteiger partial charge >= 0.3 is 0 Å². The largest absolute Gasteiger partial charge is 0.396 e. The fraction of sp³-hybridized carbons (Fsp3) is 0.625. The van der Waals surface area contributed by atoms with Gasteiger partial charge in [-0.3, -0.25) is 0 Å². The molecule has 1 rings (SSSR count). The molecule has 0 spiro atoms. The smallest absolute Gasteiger partial charge is 0.0464 e. The molecule has 108 valence electrons. The van der Waals surface area contributed by atoms with E-state index in [4.69, 9.17) is 5.11 Å². The summed E-state index contributed by atoms with van der Waals surface area (Å²) in [7, 11) is 0. The van der Waals surface area contributed by atoms with E-state index in [-0.39, 0.29) is 6.61 Å². The van der Waals surface area contributed by atoms with Crippen molar-refractivity contribution in [3.05, 3.63) is 29.3 Å². The molecule has 1 atom stereocenters. The lowest BCUT2D eigenvalue weighted by Crippen LogP contribution is -2.19. The molecular formula is C16H27NOS. The number of hydrogen-bond acceptors (Lipinski definition) is 3. The third kappa shape index (κ3) is 6.46. The van der Waals surface area contributed by atoms with Gasteiger partial charge in [0.1, 0.15) is 0 Å². The molecule has 3 heteroatoms. The number of hydrogen-bond donors (Lipinski definition) is 2. The quantitative estimate of drug-likeness (QED) is 0.716. The van der Waals surface area contributed by atoms with Crippen molar-refractivity contribution >= 4 is 11.8 Å². The van der Waals surface area contributed by atoms with Crippen LogP contribution in [0.15, 0.2) is 23.1 Å². The van der Waals surface area contributed by atoms with Gasteiger partial charge in [-0.15, -0.1) is 11.8 Å². The van der Waals surface area contributed by atoms with Crippen LogP contribution in [0.2, 0.25) is 0 Å². The lowest BCUT2D eigenvalue weighted by atomic mass is 10.1. The summed E-state index contributed by atoms with van der Waals surface area (Å²) in [6, 6.07) is 6.66. The van der Waals surface area contributed by atoms with Crippen molar-refractivity contribution < 1.29 is 5.11 Å². The molecular weight excluding hydrogens is 254 g/mol. The van der Waals surface area contributed by atoms with E-state index in [1.165, 1.54) is 16.0 Å². The Labute approximate surface area is 122 Å². The molecule has 2 nitrogen and oxygen atoms in total. The van der Waals surface area contributed by atoms with Gasteiger partial charge in [-0.2, -0.15) is 0 Å². The third-order valence-corrected chi connectivity index (χ3v) is 4.35. The highest BCUT2D eigenvalue weighted by molar-refractivity contribution is 7.99. The van der Waals surface area contributed by atoms with Crippen LogP contribution in [-0.2, 0) is 6.54 Å². The zero-order chi connectivity index (χ0) is 14.3. The van der Waals surface area contributed by atoms with Crippen molar-refractivity contribution in [2.24, 2.45) is 11.8 Å². The molecule has 1 unspecified atom stereocenters. The molecule has 0 bridgehead atoms. The van der Waals surface area contributed by atoms with Gasteiger partial charge in [0.05, 0.1) is 0 Å². The molecule has 0 aliphatic heterocycles. The second kappa shape index (κ2) is 8.62. The van der Waals surface area contributed by atoms with Crippen LogP contribution in [0.5, 0.6) is 0 Å². The van der Waals surface area contributed by atoms with Gasteiger partial charge in [-0.05, 0) is 48.6 Å². The number of aliphatic hydroxyl groups is 1. The van der Waals surface area contributed by atoms with Gasteiger partial charge < -0.3 is 10.4 Å². The number of rotatable bonds is 8. The maximum absolute atomic E-state index is 9.03. The van der Waals surface area contributed by atoms with Crippen LogP contribution in [0.25, 0.3) is 0 Å². The summed E-state index contributed by atoms with van der Waals surface area (Å²) >= 11 is 1.82. The normalized spacial score (nSPS) is 12.9. The Bertz CT molecular complexity index is 379. The highest BCUT2D eigenvalue weighted by Gasteiger charge is 2.04. The topological polar surface area (TPSA) is 32.3 Å². The summed E-state index contributed by atoms with van der Waals surface area (Å²) in [6.07, 6.45) is 0. The fourth-order valence-electron chi connectivity index (χ4n) is 1.74. The first-order chi connectivity index (χ1) is 9.02. The second-order valence-electron chi connectivity index (χ2n) is 5.71. The van der Waals surface area contributed by atoms with Gasteiger partial charge in [-0.1, -0.05) is 26.8 Å². The van der Waals surface area contributed by atoms with Gasteiger partial charge in [0, 0.05) is 23.8 Å². The second-order valence-corrected chi connectivity index (χ2v) is 6.81. The third-order valence-electron chi connectivity index (χ3n) is 3.03. The van der Waals surface area contributed by atoms with Crippen LogP contribution in [0.4, 0.5) is 0 Å². The lowest BCUT2D eigenvalue weighted by Gasteiger charge is -2.12. The van der Waals surface area contributed by atoms with E-state index in [1.807, 2.05) is 11.8 Å². The van der Waals surface area contributed by atoms with Gasteiger partial charge in [0.2, 0.25) is 0 Å². The summed E-state index contributed by atoms with van der Waals surface area (Å²) < 4.78 is 0. The molecule has 0 aliphatic rings. The Kier molecular flexibility index (Phi) is 7.51. The minimum absolute atomic E-state index is 0.267. The monoisotopic (exact) mass is 281 g/mol. The first-order valence-corrected chi connectivity index (χ1v) is 8.05. The summed E-state index contributed by atoms with van der Waals surface area (Å²) in [4.78, 5) is 1.30. The average molecular weight is 281 g/mol. The molecule has 0 fully saturated rings. The molecule has 2 N–H and O–H groups in total. The van der Waals surface area contributed by atoms with Crippen LogP contribution < -0.4 is 5.32 Å². The molecule has 0 saturated heterocycles. The SMILES string of the molecule is Cc1cc(SCC(C)CO)ccc1CNCC(C)C. The van der Waals surface area contributed by atoms with E-state index in [0.717, 1.165) is 18.8 Å². The molecule has 19 heavy (non-hydrogen) atoms. The van der Waals surface area contributed by atoms with Gasteiger partial charge in [0.25, 0.3) is 0 Å². The first-order valence-electron chi connectivity index (χ1n) is 7.06. The van der Waals surface area contributed by atoms with Crippen molar-refractivity contribution in [1.82, 2.24) is 5.32 Å². The summed E-state index contributed by atoms with van der Waals surface area (Å²) in [5.41, 5.74) is 2.72. The van der Waals surface area contributed by atoms with Crippen molar-refractivity contribution in [1.29, 1.82) is 0 Å². The Morgan fingerprint density at radius 2 is 2.00 bits per heavy atom. The molecule has 1 aromatic rings. The highest BCUT2D eigenvalue weighted by Crippen LogP contribution is 2.23. The fourth-order valence-corrected chi connectivity index (χ4v) is 2.75. The van der Waals surface area contributed by atoms with Crippen molar-refractivity contribution in [2.75, 3.05) is 18.9 Å². The highest BCUT2D eigenvalue weighted by atomic mass is 32.2. The van der Waals surface area contributed by atoms with Crippen molar-refractivity contribution in [2.45, 2.75) is 39.1 Å². The van der Waals surface area contributed by atoms with Crippen LogP contribution >= 0.6 is 11.8 Å². The van der Waals surface area contributed by atoms with E-state index in [2.05, 4.69) is 51.2 Å². The Morgan fingerprint density at radius 3 is 2.58 bits per heavy atom. The van der Waals surface area contributed by atoms with E-state index in [0.29, 0.717) is 11.8 Å². The Hall–Kier alpha value is -0.510. The molecule has 0 amide bonds. The van der Waals surface area contributed by atoms with Crippen LogP contribution in [0.3, 0.4) is 0 Å². The molecule has 1 aromatic carbocycles. The maximum atomic E-state index is 9.03. The molecule has 0 radical (unpaired) electrons. The average Bonchev–Trinajstić information content (AvgIpc) is 2.37. The minimum Gasteiger partial charge on any atom is -0.396 e. The maximum Gasteiger partial charge on any atom is 0.0464 e. The zero-order valence-corrected chi connectivity index (χ0v) is 13.4. The lowest BCUT2D eigenvalue weighted by molar-refractivity contribution is 0.250. The van der Waals surface area contributed by atoms with Crippen molar-refractivity contribution in [3.63, 3.8) is 0 Å². The number of nitrogens with one attached hydrogen (secondary N) is 1. The van der Waals surface area contributed by atoms with Gasteiger partial charge in [0.15, 0.2) is 0 Å². The standard InChI is InChI=1S/C16H27NOS/c1-12(2)8-17-9-15-5-6-16(7-14(15)4)19-11-13(3)10-18/h5-7,12-13,17-18H,8-11H2,1-4H3. The van der Waals surface area contributed by atoms with E-state index in [1.54, 1.807) is 0 Å². The number of aliphatic hydroxyl groups excluding tert-OH is 1. The number of thioether (sulfide) groups is 1. The van der Waals surface area contributed by atoms with Crippen LogP contribution in [-0.4, -0.2) is 24.0 Å². The van der Waals surface area contributed by atoms with Crippen molar-refractivity contribution in [3.8, 4) is 0 Å². The van der Waals surface area contributed by atoms with Gasteiger partial charge in [-0.25, -0.2) is 0 Å². The zero-order valence-electron chi connectivity index (χ0n) is 12.6. The number of aryl methyl sites for hydroxylation is 1. The Morgan fingerprint density at radius 1 is 1.26 bits per heavy atom. The minimum atomic E-state index is 0.267. The summed E-state index contributed by atoms with van der Waals surface area (Å²) in [6.45, 7) is 11.0. The predicted octanol–water partition coefficient (Wildman–Crippen LogP) is 3.46. The predicted molar refractivity (Wildman–Crippen MR) is 84.7 cm³/mol. The first kappa shape index (κ1) is 16.5. The Balaban J connectivity index is 2.49. The molecule has 0 heterocycles. The summed E-state index contributed by atoms with van der Waals surface area (Å²) in [5.74, 6) is 2.02.